The lowest BCUT2D eigenvalue weighted by Gasteiger charge is -2.27. The van der Waals surface area contributed by atoms with Crippen molar-refractivity contribution in [2.45, 2.75) is 49.5 Å². The van der Waals surface area contributed by atoms with Crippen LogP contribution in [-0.4, -0.2) is 49.4 Å². The van der Waals surface area contributed by atoms with Crippen LogP contribution >= 0.6 is 11.3 Å². The van der Waals surface area contributed by atoms with E-state index >= 15 is 0 Å². The number of nitrogens with zero attached hydrogens (tertiary/aromatic N) is 2. The Labute approximate surface area is 202 Å². The minimum absolute atomic E-state index is 0.107. The van der Waals surface area contributed by atoms with E-state index in [1.54, 1.807) is 37.6 Å². The molecule has 1 fully saturated rings. The number of rotatable bonds is 8. The molecule has 0 bridgehead atoms. The van der Waals surface area contributed by atoms with Crippen LogP contribution in [0.25, 0.3) is 10.4 Å². The average Bonchev–Trinajstić information content (AvgIpc) is 3.52. The quantitative estimate of drug-likeness (QED) is 0.364. The van der Waals surface area contributed by atoms with Gasteiger partial charge in [0.25, 0.3) is 0 Å². The molecule has 2 aromatic heterocycles. The number of methoxy groups -OCH3 is 1. The summed E-state index contributed by atoms with van der Waals surface area (Å²) in [6.07, 6.45) is 8.17. The maximum absolute atomic E-state index is 13.0. The van der Waals surface area contributed by atoms with Crippen molar-refractivity contribution >= 4 is 38.8 Å². The zero-order chi connectivity index (χ0) is 24.1. The van der Waals surface area contributed by atoms with Crippen LogP contribution in [0.3, 0.4) is 0 Å². The molecule has 3 aromatic rings. The Bertz CT molecular complexity index is 1220. The van der Waals surface area contributed by atoms with Gasteiger partial charge in [-0.1, -0.05) is 13.0 Å². The van der Waals surface area contributed by atoms with E-state index in [-0.39, 0.29) is 23.4 Å². The normalized spacial score (nSPS) is 18.4. The van der Waals surface area contributed by atoms with Gasteiger partial charge in [0.1, 0.15) is 0 Å². The molecule has 1 aliphatic rings. The molecule has 1 aliphatic carbocycles. The van der Waals surface area contributed by atoms with Crippen LogP contribution in [0.4, 0.5) is 16.2 Å². The summed E-state index contributed by atoms with van der Waals surface area (Å²) in [6, 6.07) is 5.39. The number of hydrogen-bond donors (Lipinski definition) is 4. The molecule has 0 aliphatic heterocycles. The molecule has 4 rings (SSSR count). The van der Waals surface area contributed by atoms with Crippen molar-refractivity contribution in [2.75, 3.05) is 19.0 Å². The number of thiazole rings is 1. The van der Waals surface area contributed by atoms with Gasteiger partial charge < -0.3 is 15.4 Å². The van der Waals surface area contributed by atoms with Gasteiger partial charge in [0.05, 0.1) is 33.8 Å². The summed E-state index contributed by atoms with van der Waals surface area (Å²) in [4.78, 5) is 17.1. The number of benzene rings is 1. The minimum Gasteiger partial charge on any atom is -0.453 e. The second-order valence-corrected chi connectivity index (χ2v) is 10.9. The first-order valence-electron chi connectivity index (χ1n) is 11.1. The maximum Gasteiger partial charge on any atom is 0.407 e. The van der Waals surface area contributed by atoms with Gasteiger partial charge in [0.2, 0.25) is 10.0 Å². The van der Waals surface area contributed by atoms with Crippen molar-refractivity contribution in [2.24, 2.45) is 0 Å². The van der Waals surface area contributed by atoms with Crippen LogP contribution in [0.1, 0.15) is 43.5 Å². The van der Waals surface area contributed by atoms with Crippen molar-refractivity contribution < 1.29 is 17.9 Å². The minimum atomic E-state index is -3.71. The van der Waals surface area contributed by atoms with Crippen molar-refractivity contribution in [1.82, 2.24) is 25.2 Å². The summed E-state index contributed by atoms with van der Waals surface area (Å²) in [5.74, 6) is 0.283. The van der Waals surface area contributed by atoms with Crippen LogP contribution in [0, 0.1) is 0 Å². The highest BCUT2D eigenvalue weighted by Crippen LogP contribution is 2.40. The Hall–Kier alpha value is -2.96. The predicted octanol–water partition coefficient (Wildman–Crippen LogP) is 3.96. The zero-order valence-electron chi connectivity index (χ0n) is 19.0. The van der Waals surface area contributed by atoms with E-state index in [9.17, 15) is 13.2 Å². The number of aromatic nitrogens is 3. The Morgan fingerprint density at radius 2 is 2.00 bits per heavy atom. The Balaban J connectivity index is 1.56. The molecule has 1 saturated carbocycles. The van der Waals surface area contributed by atoms with Crippen molar-refractivity contribution in [1.29, 1.82) is 0 Å². The van der Waals surface area contributed by atoms with E-state index in [0.29, 0.717) is 11.3 Å². The summed E-state index contributed by atoms with van der Waals surface area (Å²) < 4.78 is 33.3. The molecule has 1 amide bonds. The molecule has 0 unspecified atom stereocenters. The molecule has 4 N–H and O–H groups in total. The molecule has 34 heavy (non-hydrogen) atoms. The molecule has 0 atom stereocenters. The molecule has 2 heterocycles. The van der Waals surface area contributed by atoms with Crippen molar-refractivity contribution in [3.05, 3.63) is 41.8 Å². The number of hydrogen-bond acceptors (Lipinski definition) is 8. The lowest BCUT2D eigenvalue weighted by molar-refractivity contribution is 0.162. The fraction of sp³-hybridized carbons (Fsp3) is 0.409. The number of H-pyrrole nitrogens is 1. The van der Waals surface area contributed by atoms with Crippen LogP contribution in [0.15, 0.2) is 41.7 Å². The molecule has 1 aromatic carbocycles. The number of amides is 1. The molecule has 182 valence electrons. The third-order valence-corrected chi connectivity index (χ3v) is 8.54. The van der Waals surface area contributed by atoms with Gasteiger partial charge in [-0.15, -0.1) is 11.3 Å². The SMILES string of the molecule is CCNS(=O)(=O)c1cc(Nc2cn[nH]c2)ccc1-c1cnc(C2CCC(NC(=O)OC)CC2)s1. The Kier molecular flexibility index (Phi) is 7.49. The van der Waals surface area contributed by atoms with Gasteiger partial charge in [-0.3, -0.25) is 5.10 Å². The smallest absolute Gasteiger partial charge is 0.407 e. The molecular formula is C22H28N6O4S2. The highest BCUT2D eigenvalue weighted by Gasteiger charge is 2.27. The van der Waals surface area contributed by atoms with E-state index in [1.165, 1.54) is 18.4 Å². The molecule has 0 radical (unpaired) electrons. The van der Waals surface area contributed by atoms with Crippen LogP contribution in [0.2, 0.25) is 0 Å². The monoisotopic (exact) mass is 504 g/mol. The third-order valence-electron chi connectivity index (χ3n) is 5.77. The largest absolute Gasteiger partial charge is 0.453 e. The number of aromatic amines is 1. The Morgan fingerprint density at radius 1 is 1.21 bits per heavy atom. The summed E-state index contributed by atoms with van der Waals surface area (Å²) >= 11 is 1.52. The van der Waals surface area contributed by atoms with E-state index in [0.717, 1.165) is 41.3 Å². The Morgan fingerprint density at radius 3 is 2.68 bits per heavy atom. The second kappa shape index (κ2) is 10.5. The number of carbonyl (C=O) groups is 1. The molecule has 0 saturated heterocycles. The van der Waals surface area contributed by atoms with Crippen molar-refractivity contribution in [3.63, 3.8) is 0 Å². The van der Waals surface area contributed by atoms with Gasteiger partial charge in [-0.05, 0) is 37.8 Å². The van der Waals surface area contributed by atoms with Crippen molar-refractivity contribution in [3.8, 4) is 10.4 Å². The third kappa shape index (κ3) is 5.57. The van der Waals surface area contributed by atoms with Gasteiger partial charge in [-0.2, -0.15) is 5.10 Å². The topological polar surface area (TPSA) is 138 Å². The maximum atomic E-state index is 13.0. The van der Waals surface area contributed by atoms with Gasteiger partial charge in [0.15, 0.2) is 0 Å². The number of nitrogens with one attached hydrogen (secondary N) is 4. The van der Waals surface area contributed by atoms with E-state index in [4.69, 9.17) is 0 Å². The zero-order valence-corrected chi connectivity index (χ0v) is 20.6. The fourth-order valence-electron chi connectivity index (χ4n) is 4.09. The summed E-state index contributed by atoms with van der Waals surface area (Å²) in [6.45, 7) is 2.04. The fourth-order valence-corrected chi connectivity index (χ4v) is 6.57. The standard InChI is InChI=1S/C22H28N6O4S2/c1-3-26-34(30,31)20-10-16(27-17-11-24-25-12-17)8-9-18(20)19-13-23-21(33-19)14-4-6-15(7-5-14)28-22(29)32-2/h8-15,26-27H,3-7H2,1-2H3,(H,24,25)(H,28,29). The summed E-state index contributed by atoms with van der Waals surface area (Å²) in [7, 11) is -2.35. The van der Waals surface area contributed by atoms with E-state index < -0.39 is 16.1 Å². The first kappa shape index (κ1) is 24.2. The second-order valence-electron chi connectivity index (χ2n) is 8.07. The van der Waals surface area contributed by atoms with Crippen LogP contribution < -0.4 is 15.4 Å². The molecular weight excluding hydrogens is 476 g/mol. The number of alkyl carbamates (subject to hydrolysis) is 1. The first-order chi connectivity index (χ1) is 16.4. The summed E-state index contributed by atoms with van der Waals surface area (Å²) in [5, 5.41) is 13.6. The molecule has 10 nitrogen and oxygen atoms in total. The average molecular weight is 505 g/mol. The number of carbonyl (C=O) groups excluding carboxylic acids is 1. The lowest BCUT2D eigenvalue weighted by Crippen LogP contribution is -2.37. The number of ether oxygens (including phenoxy) is 1. The van der Waals surface area contributed by atoms with E-state index in [1.807, 2.05) is 6.07 Å². The van der Waals surface area contributed by atoms with Gasteiger partial charge in [-0.25, -0.2) is 22.9 Å². The number of anilines is 2. The first-order valence-corrected chi connectivity index (χ1v) is 13.4. The lowest BCUT2D eigenvalue weighted by atomic mass is 9.86. The number of sulfonamides is 1. The highest BCUT2D eigenvalue weighted by atomic mass is 32.2. The van der Waals surface area contributed by atoms with Crippen LogP contribution in [0.5, 0.6) is 0 Å². The van der Waals surface area contributed by atoms with Gasteiger partial charge >= 0.3 is 6.09 Å². The predicted molar refractivity (Wildman–Crippen MR) is 131 cm³/mol. The molecule has 12 heteroatoms. The van der Waals surface area contributed by atoms with Crippen LogP contribution in [-0.2, 0) is 14.8 Å². The summed E-state index contributed by atoms with van der Waals surface area (Å²) in [5.41, 5.74) is 1.99. The molecule has 0 spiro atoms. The van der Waals surface area contributed by atoms with Gasteiger partial charge in [0, 0.05) is 42.1 Å². The highest BCUT2D eigenvalue weighted by molar-refractivity contribution is 7.89. The van der Waals surface area contributed by atoms with E-state index in [2.05, 4.69) is 35.3 Å².